The number of esters is 1. The first-order chi connectivity index (χ1) is 18.7. The van der Waals surface area contributed by atoms with Crippen LogP contribution in [-0.4, -0.2) is 58.7 Å². The molecule has 0 radical (unpaired) electrons. The molecular formula is C26H27N3O8S2. The van der Waals surface area contributed by atoms with Gasteiger partial charge in [-0.3, -0.25) is 9.52 Å². The van der Waals surface area contributed by atoms with Gasteiger partial charge < -0.3 is 24.4 Å². The van der Waals surface area contributed by atoms with Crippen LogP contribution in [-0.2, 0) is 32.5 Å². The fourth-order valence-corrected chi connectivity index (χ4v) is 6.36. The average Bonchev–Trinajstić information content (AvgIpc) is 3.29. The summed E-state index contributed by atoms with van der Waals surface area (Å²) in [6.45, 7) is 2.43. The Bertz CT molecular complexity index is 1500. The maximum atomic E-state index is 13.2. The van der Waals surface area contributed by atoms with Crippen LogP contribution < -0.4 is 14.8 Å². The van der Waals surface area contributed by atoms with Gasteiger partial charge in [0, 0.05) is 22.7 Å². The molecule has 0 fully saturated rings. The first kappa shape index (κ1) is 27.9. The van der Waals surface area contributed by atoms with Gasteiger partial charge in [-0.05, 0) is 61.4 Å². The molecule has 3 aromatic rings. The number of anilines is 2. The lowest BCUT2D eigenvalue weighted by atomic mass is 10.0. The second-order valence-corrected chi connectivity index (χ2v) is 11.2. The van der Waals surface area contributed by atoms with Crippen molar-refractivity contribution in [1.82, 2.24) is 4.90 Å². The third-order valence-electron chi connectivity index (χ3n) is 5.94. The fourth-order valence-electron chi connectivity index (χ4n) is 4.06. The Hall–Kier alpha value is -4.10. The van der Waals surface area contributed by atoms with Gasteiger partial charge in [0.25, 0.3) is 15.9 Å². The third kappa shape index (κ3) is 6.15. The molecule has 2 amide bonds. The number of carbonyl (C=O) groups is 3. The van der Waals surface area contributed by atoms with E-state index in [9.17, 15) is 22.8 Å². The predicted molar refractivity (Wildman–Crippen MR) is 145 cm³/mol. The van der Waals surface area contributed by atoms with Gasteiger partial charge in [-0.25, -0.2) is 18.0 Å². The second kappa shape index (κ2) is 11.7. The zero-order valence-corrected chi connectivity index (χ0v) is 23.1. The van der Waals surface area contributed by atoms with E-state index in [1.165, 1.54) is 72.9 Å². The second-order valence-electron chi connectivity index (χ2n) is 8.39. The van der Waals surface area contributed by atoms with Crippen molar-refractivity contribution in [2.45, 2.75) is 24.8 Å². The van der Waals surface area contributed by atoms with Crippen LogP contribution in [0.15, 0.2) is 53.4 Å². The van der Waals surface area contributed by atoms with E-state index in [4.69, 9.17) is 14.2 Å². The maximum Gasteiger partial charge on any atom is 0.409 e. The zero-order chi connectivity index (χ0) is 28.2. The minimum absolute atomic E-state index is 0.0300. The van der Waals surface area contributed by atoms with Gasteiger partial charge in [-0.2, -0.15) is 0 Å². The van der Waals surface area contributed by atoms with Gasteiger partial charge in [-0.1, -0.05) is 6.07 Å². The molecule has 0 saturated heterocycles. The Morgan fingerprint density at radius 1 is 1.08 bits per heavy atom. The Labute approximate surface area is 229 Å². The Kier molecular flexibility index (Phi) is 8.41. The summed E-state index contributed by atoms with van der Waals surface area (Å²) in [6, 6.07) is 11.9. The number of hydrogen-bond acceptors (Lipinski definition) is 9. The van der Waals surface area contributed by atoms with Gasteiger partial charge in [0.05, 0.1) is 37.8 Å². The molecule has 1 aromatic heterocycles. The van der Waals surface area contributed by atoms with Crippen LogP contribution in [0.25, 0.3) is 0 Å². The minimum atomic E-state index is -3.92. The van der Waals surface area contributed by atoms with Crippen molar-refractivity contribution in [1.29, 1.82) is 0 Å². The van der Waals surface area contributed by atoms with Crippen molar-refractivity contribution in [2.75, 3.05) is 37.4 Å². The maximum absolute atomic E-state index is 13.2. The first-order valence-corrected chi connectivity index (χ1v) is 14.2. The van der Waals surface area contributed by atoms with Gasteiger partial charge in [0.2, 0.25) is 0 Å². The quantitative estimate of drug-likeness (QED) is 0.384. The van der Waals surface area contributed by atoms with Crippen molar-refractivity contribution < 1.29 is 37.0 Å². The van der Waals surface area contributed by atoms with E-state index >= 15 is 0 Å². The van der Waals surface area contributed by atoms with E-state index in [0.29, 0.717) is 23.7 Å². The normalized spacial score (nSPS) is 12.7. The molecule has 2 aromatic carbocycles. The van der Waals surface area contributed by atoms with E-state index in [1.54, 1.807) is 13.0 Å². The molecule has 2 N–H and O–H groups in total. The number of fused-ring (bicyclic) bond motifs is 1. The summed E-state index contributed by atoms with van der Waals surface area (Å²) < 4.78 is 43.2. The molecular weight excluding hydrogens is 546 g/mol. The average molecular weight is 574 g/mol. The highest BCUT2D eigenvalue weighted by atomic mass is 32.2. The van der Waals surface area contributed by atoms with Gasteiger partial charge >= 0.3 is 12.1 Å². The Morgan fingerprint density at radius 2 is 1.82 bits per heavy atom. The number of amides is 2. The molecule has 0 aliphatic carbocycles. The molecule has 206 valence electrons. The van der Waals surface area contributed by atoms with Crippen molar-refractivity contribution in [3.8, 4) is 5.75 Å². The number of nitrogens with one attached hydrogen (secondary N) is 2. The first-order valence-electron chi connectivity index (χ1n) is 11.9. The number of ether oxygens (including phenoxy) is 3. The lowest BCUT2D eigenvalue weighted by Crippen LogP contribution is -2.35. The van der Waals surface area contributed by atoms with E-state index in [-0.39, 0.29) is 34.9 Å². The largest absolute Gasteiger partial charge is 0.497 e. The van der Waals surface area contributed by atoms with Crippen LogP contribution in [0.5, 0.6) is 5.75 Å². The standard InChI is InChI=1S/C26H27N3O8S2/c1-4-37-25(31)22-20-12-13-29(26(32)36-3)15-21(20)38-24(22)27-23(30)16-6-5-7-17(14-16)28-39(33,34)19-10-8-18(35-2)9-11-19/h5-11,14,28H,4,12-13,15H2,1-3H3,(H,27,30). The topological polar surface area (TPSA) is 140 Å². The number of sulfonamides is 1. The highest BCUT2D eigenvalue weighted by Gasteiger charge is 2.31. The van der Waals surface area contributed by atoms with Crippen LogP contribution in [0, 0.1) is 0 Å². The van der Waals surface area contributed by atoms with Crippen LogP contribution in [0.2, 0.25) is 0 Å². The Morgan fingerprint density at radius 3 is 2.49 bits per heavy atom. The summed E-state index contributed by atoms with van der Waals surface area (Å²) in [5.74, 6) is -0.602. The SMILES string of the molecule is CCOC(=O)c1c(NC(=O)c2cccc(NS(=O)(=O)c3ccc(OC)cc3)c2)sc2c1CCN(C(=O)OC)C2. The number of methoxy groups -OCH3 is 2. The summed E-state index contributed by atoms with van der Waals surface area (Å²) in [5.41, 5.74) is 1.33. The summed E-state index contributed by atoms with van der Waals surface area (Å²) in [6.07, 6.45) is -0.0839. The van der Waals surface area contributed by atoms with Gasteiger partial charge in [-0.15, -0.1) is 11.3 Å². The molecule has 1 aliphatic heterocycles. The van der Waals surface area contributed by atoms with Crippen molar-refractivity contribution >= 4 is 50.0 Å². The summed E-state index contributed by atoms with van der Waals surface area (Å²) in [4.78, 5) is 40.3. The molecule has 11 nitrogen and oxygen atoms in total. The Balaban J connectivity index is 1.57. The van der Waals surface area contributed by atoms with Crippen molar-refractivity contribution in [2.24, 2.45) is 0 Å². The van der Waals surface area contributed by atoms with E-state index in [0.717, 1.165) is 10.4 Å². The molecule has 4 rings (SSSR count). The van der Waals surface area contributed by atoms with Crippen LogP contribution in [0.1, 0.15) is 38.1 Å². The van der Waals surface area contributed by atoms with Crippen LogP contribution >= 0.6 is 11.3 Å². The molecule has 0 spiro atoms. The van der Waals surface area contributed by atoms with Crippen molar-refractivity contribution in [3.63, 3.8) is 0 Å². The monoisotopic (exact) mass is 573 g/mol. The summed E-state index contributed by atoms with van der Waals surface area (Å²) in [7, 11) is -1.14. The van der Waals surface area contributed by atoms with Gasteiger partial charge in [0.15, 0.2) is 0 Å². The lowest BCUT2D eigenvalue weighted by molar-refractivity contribution is 0.0526. The van der Waals surface area contributed by atoms with Crippen LogP contribution in [0.4, 0.5) is 15.5 Å². The smallest absolute Gasteiger partial charge is 0.409 e. The molecule has 0 bridgehead atoms. The molecule has 0 saturated carbocycles. The van der Waals surface area contributed by atoms with E-state index < -0.39 is 28.0 Å². The molecule has 13 heteroatoms. The number of carbonyl (C=O) groups excluding carboxylic acids is 3. The molecule has 39 heavy (non-hydrogen) atoms. The fraction of sp³-hybridized carbons (Fsp3) is 0.269. The molecule has 2 heterocycles. The van der Waals surface area contributed by atoms with E-state index in [2.05, 4.69) is 10.0 Å². The van der Waals surface area contributed by atoms with E-state index in [1.807, 2.05) is 0 Å². The molecule has 1 aliphatic rings. The highest BCUT2D eigenvalue weighted by molar-refractivity contribution is 7.92. The highest BCUT2D eigenvalue weighted by Crippen LogP contribution is 2.38. The minimum Gasteiger partial charge on any atom is -0.497 e. The molecule has 0 atom stereocenters. The van der Waals surface area contributed by atoms with Gasteiger partial charge in [0.1, 0.15) is 10.8 Å². The van der Waals surface area contributed by atoms with Crippen molar-refractivity contribution in [3.05, 3.63) is 70.1 Å². The number of benzene rings is 2. The summed E-state index contributed by atoms with van der Waals surface area (Å²) >= 11 is 1.18. The molecule has 0 unspecified atom stereocenters. The number of rotatable bonds is 8. The zero-order valence-electron chi connectivity index (χ0n) is 21.5. The lowest BCUT2D eigenvalue weighted by Gasteiger charge is -2.25. The third-order valence-corrected chi connectivity index (χ3v) is 8.47. The number of thiophene rings is 1. The summed E-state index contributed by atoms with van der Waals surface area (Å²) in [5, 5.41) is 3.06. The number of hydrogen-bond donors (Lipinski definition) is 2. The predicted octanol–water partition coefficient (Wildman–Crippen LogP) is 4.11. The van der Waals surface area contributed by atoms with Crippen LogP contribution in [0.3, 0.4) is 0 Å². The number of nitrogens with zero attached hydrogens (tertiary/aromatic N) is 1.